The molecule has 0 saturated heterocycles. The van der Waals surface area contributed by atoms with Gasteiger partial charge in [0.2, 0.25) is 0 Å². The maximum atomic E-state index is 12.5. The molecule has 26 heavy (non-hydrogen) atoms. The van der Waals surface area contributed by atoms with Gasteiger partial charge in [-0.1, -0.05) is 22.0 Å². The normalized spacial score (nSPS) is 11.3. The van der Waals surface area contributed by atoms with Crippen LogP contribution in [0.4, 0.5) is 5.69 Å². The lowest BCUT2D eigenvalue weighted by Crippen LogP contribution is -2.12. The lowest BCUT2D eigenvalue weighted by atomic mass is 10.3. The van der Waals surface area contributed by atoms with Crippen LogP contribution in [0.5, 0.6) is 0 Å². The number of aromatic nitrogens is 3. The summed E-state index contributed by atoms with van der Waals surface area (Å²) < 4.78 is 25.5. The Labute approximate surface area is 159 Å². The highest BCUT2D eigenvalue weighted by atomic mass is 79.9. The van der Waals surface area contributed by atoms with E-state index in [0.29, 0.717) is 21.5 Å². The summed E-state index contributed by atoms with van der Waals surface area (Å²) in [7, 11) is -3.39. The van der Waals surface area contributed by atoms with Gasteiger partial charge in [0.15, 0.2) is 15.7 Å². The van der Waals surface area contributed by atoms with E-state index < -0.39 is 15.7 Å². The maximum absolute atomic E-state index is 12.5. The molecular weight excluding hydrogens is 420 g/mol. The number of hydrogen-bond donors (Lipinski definition) is 1. The van der Waals surface area contributed by atoms with Crippen LogP contribution in [0.3, 0.4) is 0 Å². The van der Waals surface area contributed by atoms with E-state index in [1.165, 1.54) is 23.0 Å². The fourth-order valence-corrected chi connectivity index (χ4v) is 3.65. The SMILES string of the molecule is Cc1cccnc1-n1cc(C(=O)Nc2cc(Br)cc(S(C)(=O)=O)c2)cn1. The molecule has 0 aliphatic carbocycles. The van der Waals surface area contributed by atoms with Gasteiger partial charge in [0.05, 0.1) is 16.7 Å². The molecule has 0 bridgehead atoms. The van der Waals surface area contributed by atoms with Crippen LogP contribution in [0.2, 0.25) is 0 Å². The number of nitrogens with zero attached hydrogens (tertiary/aromatic N) is 3. The summed E-state index contributed by atoms with van der Waals surface area (Å²) >= 11 is 3.25. The predicted octanol–water partition coefficient (Wildman–Crippen LogP) is 2.99. The number of carbonyl (C=O) groups excluding carboxylic acids is 1. The second-order valence-corrected chi connectivity index (χ2v) is 8.65. The van der Waals surface area contributed by atoms with Gasteiger partial charge in [0, 0.05) is 28.8 Å². The van der Waals surface area contributed by atoms with E-state index in [1.54, 1.807) is 18.5 Å². The van der Waals surface area contributed by atoms with Crippen LogP contribution in [0, 0.1) is 6.92 Å². The summed E-state index contributed by atoms with van der Waals surface area (Å²) in [5.41, 5.74) is 1.62. The molecule has 0 aliphatic heterocycles. The zero-order chi connectivity index (χ0) is 18.9. The fraction of sp³-hybridized carbons (Fsp3) is 0.118. The molecule has 2 aromatic heterocycles. The van der Waals surface area contributed by atoms with Gasteiger partial charge in [-0.25, -0.2) is 18.1 Å². The molecule has 134 valence electrons. The molecule has 7 nitrogen and oxygen atoms in total. The van der Waals surface area contributed by atoms with Crippen molar-refractivity contribution in [3.63, 3.8) is 0 Å². The molecule has 3 rings (SSSR count). The molecular formula is C17H15BrN4O3S. The molecule has 0 atom stereocenters. The average molecular weight is 435 g/mol. The number of pyridine rings is 1. The van der Waals surface area contributed by atoms with Gasteiger partial charge in [0.1, 0.15) is 0 Å². The Hall–Kier alpha value is -2.52. The quantitative estimate of drug-likeness (QED) is 0.680. The van der Waals surface area contributed by atoms with Crippen LogP contribution in [0.25, 0.3) is 5.82 Å². The van der Waals surface area contributed by atoms with Crippen LogP contribution in [0.1, 0.15) is 15.9 Å². The molecule has 1 amide bonds. The van der Waals surface area contributed by atoms with Crippen molar-refractivity contribution in [2.75, 3.05) is 11.6 Å². The second kappa shape index (κ2) is 7.00. The van der Waals surface area contributed by atoms with Gasteiger partial charge in [-0.3, -0.25) is 4.79 Å². The summed E-state index contributed by atoms with van der Waals surface area (Å²) in [4.78, 5) is 16.8. The van der Waals surface area contributed by atoms with Crippen molar-refractivity contribution in [2.24, 2.45) is 0 Å². The summed E-state index contributed by atoms with van der Waals surface area (Å²) in [6, 6.07) is 8.23. The van der Waals surface area contributed by atoms with Gasteiger partial charge < -0.3 is 5.32 Å². The standard InChI is InChI=1S/C17H15BrN4O3S/c1-11-4-3-5-19-16(11)22-10-12(9-20-22)17(23)21-14-6-13(18)7-15(8-14)26(2,24)25/h3-10H,1-2H3,(H,21,23). The van der Waals surface area contributed by atoms with Crippen LogP contribution in [-0.2, 0) is 9.84 Å². The van der Waals surface area contributed by atoms with Crippen LogP contribution >= 0.6 is 15.9 Å². The topological polar surface area (TPSA) is 94.0 Å². The maximum Gasteiger partial charge on any atom is 0.258 e. The highest BCUT2D eigenvalue weighted by molar-refractivity contribution is 9.10. The number of anilines is 1. The Morgan fingerprint density at radius 3 is 2.73 bits per heavy atom. The Balaban J connectivity index is 1.86. The molecule has 9 heteroatoms. The number of benzene rings is 1. The summed E-state index contributed by atoms with van der Waals surface area (Å²) in [5.74, 6) is 0.232. The molecule has 0 unspecified atom stereocenters. The average Bonchev–Trinajstić information content (AvgIpc) is 3.04. The van der Waals surface area contributed by atoms with Gasteiger partial charge in [-0.15, -0.1) is 0 Å². The van der Waals surface area contributed by atoms with Crippen molar-refractivity contribution in [3.8, 4) is 5.82 Å². The van der Waals surface area contributed by atoms with E-state index in [0.717, 1.165) is 11.8 Å². The third kappa shape index (κ3) is 4.00. The summed E-state index contributed by atoms with van der Waals surface area (Å²) in [6.45, 7) is 1.90. The van der Waals surface area contributed by atoms with Crippen LogP contribution in [0.15, 0.2) is 58.3 Å². The molecule has 0 aliphatic rings. The minimum atomic E-state index is -3.39. The largest absolute Gasteiger partial charge is 0.322 e. The molecule has 0 saturated carbocycles. The van der Waals surface area contributed by atoms with E-state index in [-0.39, 0.29) is 4.90 Å². The van der Waals surface area contributed by atoms with Crippen LogP contribution < -0.4 is 5.32 Å². The van der Waals surface area contributed by atoms with E-state index in [2.05, 4.69) is 31.3 Å². The third-order valence-corrected chi connectivity index (χ3v) is 5.15. The van der Waals surface area contributed by atoms with Gasteiger partial charge in [0.25, 0.3) is 5.91 Å². The minimum Gasteiger partial charge on any atom is -0.322 e. The number of sulfone groups is 1. The highest BCUT2D eigenvalue weighted by Gasteiger charge is 2.14. The zero-order valence-corrected chi connectivity index (χ0v) is 16.4. The third-order valence-electron chi connectivity index (χ3n) is 3.60. The number of nitrogens with one attached hydrogen (secondary N) is 1. The first kappa shape index (κ1) is 18.3. The molecule has 1 aromatic carbocycles. The van der Waals surface area contributed by atoms with Gasteiger partial charge in [-0.2, -0.15) is 5.10 Å². The zero-order valence-electron chi connectivity index (χ0n) is 14.0. The van der Waals surface area contributed by atoms with E-state index in [1.807, 2.05) is 19.1 Å². The Bertz CT molecular complexity index is 1090. The number of carbonyl (C=O) groups is 1. The predicted molar refractivity (Wildman–Crippen MR) is 101 cm³/mol. The molecule has 3 aromatic rings. The van der Waals surface area contributed by atoms with Crippen molar-refractivity contribution in [3.05, 3.63) is 64.5 Å². The number of rotatable bonds is 4. The minimum absolute atomic E-state index is 0.113. The first-order valence-electron chi connectivity index (χ1n) is 7.53. The lowest BCUT2D eigenvalue weighted by molar-refractivity contribution is 0.102. The Morgan fingerprint density at radius 2 is 2.04 bits per heavy atom. The summed E-state index contributed by atoms with van der Waals surface area (Å²) in [6.07, 6.45) is 5.76. The second-order valence-electron chi connectivity index (χ2n) is 5.72. The summed E-state index contributed by atoms with van der Waals surface area (Å²) in [5, 5.41) is 6.86. The number of hydrogen-bond acceptors (Lipinski definition) is 5. The molecule has 0 spiro atoms. The fourth-order valence-electron chi connectivity index (χ4n) is 2.33. The van der Waals surface area contributed by atoms with E-state index in [9.17, 15) is 13.2 Å². The Kier molecular flexibility index (Phi) is 4.92. The first-order chi connectivity index (χ1) is 12.2. The van der Waals surface area contributed by atoms with Crippen molar-refractivity contribution in [1.82, 2.24) is 14.8 Å². The Morgan fingerprint density at radius 1 is 1.27 bits per heavy atom. The van der Waals surface area contributed by atoms with Crippen molar-refractivity contribution >= 4 is 37.4 Å². The van der Waals surface area contributed by atoms with Crippen molar-refractivity contribution in [1.29, 1.82) is 0 Å². The van der Waals surface area contributed by atoms with E-state index in [4.69, 9.17) is 0 Å². The monoisotopic (exact) mass is 434 g/mol. The smallest absolute Gasteiger partial charge is 0.258 e. The number of amides is 1. The molecule has 0 fully saturated rings. The molecule has 1 N–H and O–H groups in total. The van der Waals surface area contributed by atoms with E-state index >= 15 is 0 Å². The number of aryl methyl sites for hydroxylation is 1. The van der Waals surface area contributed by atoms with Gasteiger partial charge >= 0.3 is 0 Å². The van der Waals surface area contributed by atoms with Crippen molar-refractivity contribution < 1.29 is 13.2 Å². The first-order valence-corrected chi connectivity index (χ1v) is 10.2. The highest BCUT2D eigenvalue weighted by Crippen LogP contribution is 2.23. The molecule has 2 heterocycles. The van der Waals surface area contributed by atoms with Gasteiger partial charge in [-0.05, 0) is 36.8 Å². The lowest BCUT2D eigenvalue weighted by Gasteiger charge is -2.07. The van der Waals surface area contributed by atoms with Crippen LogP contribution in [-0.4, -0.2) is 35.3 Å². The molecule has 0 radical (unpaired) electrons. The van der Waals surface area contributed by atoms with Crippen molar-refractivity contribution in [2.45, 2.75) is 11.8 Å². The number of halogens is 1.